The number of benzene rings is 2. The van der Waals surface area contributed by atoms with E-state index in [-0.39, 0.29) is 18.9 Å². The topological polar surface area (TPSA) is 172 Å². The van der Waals surface area contributed by atoms with Crippen LogP contribution in [0.1, 0.15) is 95.4 Å². The van der Waals surface area contributed by atoms with Crippen molar-refractivity contribution in [2.24, 2.45) is 5.92 Å². The molecule has 1 fully saturated rings. The molecule has 2 aromatic carbocycles. The zero-order chi connectivity index (χ0) is 36.0. The van der Waals surface area contributed by atoms with Gasteiger partial charge in [-0.25, -0.2) is 4.79 Å². The average molecular weight is 681 g/mol. The summed E-state index contributed by atoms with van der Waals surface area (Å²) in [4.78, 5) is 65.7. The fraction of sp³-hybridized carbons (Fsp3) is 0.541. The number of carbonyl (C=O) groups is 5. The van der Waals surface area contributed by atoms with Gasteiger partial charge < -0.3 is 35.8 Å². The van der Waals surface area contributed by atoms with E-state index in [2.05, 4.69) is 21.3 Å². The maximum atomic E-state index is 13.9. The van der Waals surface area contributed by atoms with Gasteiger partial charge in [0.05, 0.1) is 6.04 Å². The van der Waals surface area contributed by atoms with E-state index in [9.17, 15) is 29.1 Å². The number of carbonyl (C=O) groups excluding carboxylic acids is 5. The third-order valence-corrected chi connectivity index (χ3v) is 8.26. The molecule has 5 N–H and O–H groups in total. The molecule has 12 nitrogen and oxygen atoms in total. The Bertz CT molecular complexity index is 1390. The Morgan fingerprint density at radius 3 is 2.12 bits per heavy atom. The van der Waals surface area contributed by atoms with E-state index in [4.69, 9.17) is 9.47 Å². The standard InChI is InChI=1S/C37H52N4O8/c1-6-13-28(32(43)35(46)38-22-29(42)48-23-25-20-18-24(2)19-21-25)39-33(44)30(26-14-9-7-10-15-26)40-34(45)31(27-16-11-8-12-17-27)41-36(47)49-37(3,4)5/h7,9-10,14-15,18-21,27-28,30-32,43H,6,8,11-13,16-17,22-23H2,1-5H3,(H,38,46)(H,39,44)(H,40,45)(H,41,47)/t28?,30-,31-,32?/m0/s1. The number of hydrogen-bond acceptors (Lipinski definition) is 8. The maximum absolute atomic E-state index is 13.9. The van der Waals surface area contributed by atoms with E-state index >= 15 is 0 Å². The largest absolute Gasteiger partial charge is 0.460 e. The fourth-order valence-corrected chi connectivity index (χ4v) is 5.71. The highest BCUT2D eigenvalue weighted by Crippen LogP contribution is 2.28. The van der Waals surface area contributed by atoms with Crippen molar-refractivity contribution in [3.63, 3.8) is 0 Å². The van der Waals surface area contributed by atoms with E-state index in [1.54, 1.807) is 51.1 Å². The second-order valence-electron chi connectivity index (χ2n) is 13.6. The van der Waals surface area contributed by atoms with Gasteiger partial charge in [0, 0.05) is 0 Å². The van der Waals surface area contributed by atoms with E-state index < -0.39 is 66.2 Å². The fourth-order valence-electron chi connectivity index (χ4n) is 5.71. The number of aliphatic hydroxyl groups excluding tert-OH is 1. The first-order chi connectivity index (χ1) is 23.3. The molecule has 2 aromatic rings. The van der Waals surface area contributed by atoms with Gasteiger partial charge in [0.15, 0.2) is 6.10 Å². The Kier molecular flexibility index (Phi) is 15.1. The Balaban J connectivity index is 1.70. The molecule has 4 atom stereocenters. The Morgan fingerprint density at radius 1 is 0.857 bits per heavy atom. The second-order valence-corrected chi connectivity index (χ2v) is 13.6. The summed E-state index contributed by atoms with van der Waals surface area (Å²) in [6.07, 6.45) is 2.66. The summed E-state index contributed by atoms with van der Waals surface area (Å²) in [5.41, 5.74) is 1.56. The number of esters is 1. The molecule has 49 heavy (non-hydrogen) atoms. The molecule has 0 aliphatic heterocycles. The highest BCUT2D eigenvalue weighted by molar-refractivity contribution is 5.93. The van der Waals surface area contributed by atoms with E-state index in [0.717, 1.165) is 43.2 Å². The van der Waals surface area contributed by atoms with Gasteiger partial charge in [-0.3, -0.25) is 19.2 Å². The monoisotopic (exact) mass is 680 g/mol. The summed E-state index contributed by atoms with van der Waals surface area (Å²) in [5, 5.41) is 21.6. The number of rotatable bonds is 15. The molecule has 0 aromatic heterocycles. The molecule has 1 aliphatic carbocycles. The second kappa shape index (κ2) is 18.9. The van der Waals surface area contributed by atoms with Crippen molar-refractivity contribution >= 4 is 29.8 Å². The highest BCUT2D eigenvalue weighted by atomic mass is 16.6. The van der Waals surface area contributed by atoms with Crippen molar-refractivity contribution in [2.45, 2.75) is 116 Å². The number of nitrogens with one attached hydrogen (secondary N) is 4. The average Bonchev–Trinajstić information content (AvgIpc) is 3.07. The summed E-state index contributed by atoms with van der Waals surface area (Å²) in [7, 11) is 0. The van der Waals surface area contributed by atoms with Crippen molar-refractivity contribution in [2.75, 3.05) is 6.54 Å². The lowest BCUT2D eigenvalue weighted by atomic mass is 9.83. The predicted molar refractivity (Wildman–Crippen MR) is 184 cm³/mol. The molecule has 1 aliphatic rings. The molecule has 0 spiro atoms. The van der Waals surface area contributed by atoms with Crippen LogP contribution in [0.5, 0.6) is 0 Å². The van der Waals surface area contributed by atoms with Gasteiger partial charge in [-0.05, 0) is 64.0 Å². The first-order valence-electron chi connectivity index (χ1n) is 17.1. The maximum Gasteiger partial charge on any atom is 0.408 e. The zero-order valence-corrected chi connectivity index (χ0v) is 29.3. The first-order valence-corrected chi connectivity index (χ1v) is 17.1. The van der Waals surface area contributed by atoms with Crippen LogP contribution in [0, 0.1) is 12.8 Å². The van der Waals surface area contributed by atoms with Gasteiger partial charge in [0.25, 0.3) is 5.91 Å². The van der Waals surface area contributed by atoms with Gasteiger partial charge >= 0.3 is 12.1 Å². The van der Waals surface area contributed by atoms with E-state index in [0.29, 0.717) is 12.0 Å². The van der Waals surface area contributed by atoms with Crippen LogP contribution in [0.4, 0.5) is 4.79 Å². The van der Waals surface area contributed by atoms with Crippen LogP contribution in [0.25, 0.3) is 0 Å². The van der Waals surface area contributed by atoms with Crippen LogP contribution >= 0.6 is 0 Å². The highest BCUT2D eigenvalue weighted by Gasteiger charge is 2.36. The molecule has 0 bridgehead atoms. The molecule has 0 saturated heterocycles. The van der Waals surface area contributed by atoms with Crippen molar-refractivity contribution in [1.29, 1.82) is 0 Å². The number of aliphatic hydroxyl groups is 1. The summed E-state index contributed by atoms with van der Waals surface area (Å²) in [5.74, 6) is -2.89. The molecule has 0 heterocycles. The van der Waals surface area contributed by atoms with Crippen LogP contribution < -0.4 is 21.3 Å². The van der Waals surface area contributed by atoms with Crippen LogP contribution in [-0.2, 0) is 35.3 Å². The van der Waals surface area contributed by atoms with Gasteiger partial charge in [-0.15, -0.1) is 0 Å². The van der Waals surface area contributed by atoms with Crippen LogP contribution in [-0.4, -0.2) is 65.2 Å². The van der Waals surface area contributed by atoms with Crippen molar-refractivity contribution < 1.29 is 38.6 Å². The molecule has 2 unspecified atom stereocenters. The van der Waals surface area contributed by atoms with Crippen LogP contribution in [0.3, 0.4) is 0 Å². The Morgan fingerprint density at radius 2 is 1.51 bits per heavy atom. The van der Waals surface area contributed by atoms with Gasteiger partial charge in [0.1, 0.15) is 30.8 Å². The van der Waals surface area contributed by atoms with Gasteiger partial charge in [-0.2, -0.15) is 0 Å². The molecule has 268 valence electrons. The number of hydrogen-bond donors (Lipinski definition) is 5. The molecular formula is C37H52N4O8. The summed E-state index contributed by atoms with van der Waals surface area (Å²) >= 11 is 0. The number of amides is 4. The van der Waals surface area contributed by atoms with Gasteiger partial charge in [0.2, 0.25) is 11.8 Å². The lowest BCUT2D eigenvalue weighted by molar-refractivity contribution is -0.146. The minimum atomic E-state index is -1.69. The first kappa shape index (κ1) is 39.0. The van der Waals surface area contributed by atoms with Crippen molar-refractivity contribution in [3.8, 4) is 0 Å². The zero-order valence-electron chi connectivity index (χ0n) is 29.3. The quantitative estimate of drug-likeness (QED) is 0.175. The van der Waals surface area contributed by atoms with Crippen molar-refractivity contribution in [1.82, 2.24) is 21.3 Å². The van der Waals surface area contributed by atoms with Crippen LogP contribution in [0.15, 0.2) is 54.6 Å². The molecule has 4 amide bonds. The van der Waals surface area contributed by atoms with E-state index in [1.807, 2.05) is 38.1 Å². The van der Waals surface area contributed by atoms with Crippen molar-refractivity contribution in [3.05, 3.63) is 71.3 Å². The lowest BCUT2D eigenvalue weighted by Crippen LogP contribution is -2.56. The molecular weight excluding hydrogens is 628 g/mol. The summed E-state index contributed by atoms with van der Waals surface area (Å²) in [6, 6.07) is 12.9. The third kappa shape index (κ3) is 13.2. The summed E-state index contributed by atoms with van der Waals surface area (Å²) in [6.45, 7) is 8.55. The SMILES string of the molecule is CCCC(NC(=O)[C@@H](NC(=O)[C@@H](NC(=O)OC(C)(C)C)C1CCCCC1)c1ccccc1)C(O)C(=O)NCC(=O)OCc1ccc(C)cc1. The van der Waals surface area contributed by atoms with E-state index in [1.165, 1.54) is 0 Å². The minimum absolute atomic E-state index is 0.0353. The molecule has 12 heteroatoms. The Labute approximate surface area is 289 Å². The molecule has 1 saturated carbocycles. The number of aryl methyl sites for hydroxylation is 1. The molecule has 0 radical (unpaired) electrons. The third-order valence-electron chi connectivity index (χ3n) is 8.26. The predicted octanol–water partition coefficient (Wildman–Crippen LogP) is 4.13. The Hall–Kier alpha value is -4.45. The normalized spacial score (nSPS) is 15.9. The number of ether oxygens (including phenoxy) is 2. The number of alkyl carbamates (subject to hydrolysis) is 1. The minimum Gasteiger partial charge on any atom is -0.460 e. The smallest absolute Gasteiger partial charge is 0.408 e. The summed E-state index contributed by atoms with van der Waals surface area (Å²) < 4.78 is 10.7. The van der Waals surface area contributed by atoms with Gasteiger partial charge in [-0.1, -0.05) is 92.8 Å². The molecule has 3 rings (SSSR count). The lowest BCUT2D eigenvalue weighted by Gasteiger charge is -2.32. The van der Waals surface area contributed by atoms with Crippen LogP contribution in [0.2, 0.25) is 0 Å².